The van der Waals surface area contributed by atoms with E-state index in [1.807, 2.05) is 0 Å². The molecule has 2 spiro atoms. The predicted octanol–water partition coefficient (Wildman–Crippen LogP) is 0.0170. The number of halogens is 3. The van der Waals surface area contributed by atoms with Crippen LogP contribution in [0.15, 0.2) is 11.3 Å². The number of alkyl halides is 3. The first kappa shape index (κ1) is 27.2. The van der Waals surface area contributed by atoms with E-state index in [0.29, 0.717) is 28.9 Å². The average Bonchev–Trinajstić information content (AvgIpc) is 3.42. The number of aromatic nitrogens is 2. The number of rotatable bonds is 0. The summed E-state index contributed by atoms with van der Waals surface area (Å²) in [5.41, 5.74) is 1.16. The normalized spacial score (nSPS) is 33.8. The predicted molar refractivity (Wildman–Crippen MR) is 126 cm³/mol. The van der Waals surface area contributed by atoms with Crippen LogP contribution in [0.4, 0.5) is 13.2 Å². The number of hydrogen-bond acceptors (Lipinski definition) is 9. The summed E-state index contributed by atoms with van der Waals surface area (Å²) in [6.45, 7) is 1.53. The number of ketones is 1. The van der Waals surface area contributed by atoms with Crippen LogP contribution in [0.25, 0.3) is 0 Å². The Morgan fingerprint density at radius 1 is 1.03 bits per heavy atom. The largest absolute Gasteiger partial charge is 1.00 e. The number of Topliss-reactive ketones (excluding diaryl/α,β-unsaturated/α-hetero) is 1. The summed E-state index contributed by atoms with van der Waals surface area (Å²) in [6.07, 6.45) is -2.35. The van der Waals surface area contributed by atoms with E-state index in [1.165, 1.54) is 6.92 Å². The molecule has 3 heterocycles. The van der Waals surface area contributed by atoms with E-state index in [0.717, 1.165) is 41.5 Å². The molecular formula is C20H24F3LiN4O2S4. The van der Waals surface area contributed by atoms with Gasteiger partial charge in [0.2, 0.25) is 0 Å². The second kappa shape index (κ2) is 9.46. The summed E-state index contributed by atoms with van der Waals surface area (Å²) in [5, 5.41) is 17.6. The van der Waals surface area contributed by atoms with Crippen molar-refractivity contribution in [3.63, 3.8) is 0 Å². The zero-order chi connectivity index (χ0) is 23.8. The number of carbonyl (C=O) groups excluding carboxylic acids is 1. The van der Waals surface area contributed by atoms with Crippen molar-refractivity contribution in [3.8, 4) is 0 Å². The summed E-state index contributed by atoms with van der Waals surface area (Å²) in [6, 6.07) is 0. The van der Waals surface area contributed by atoms with Gasteiger partial charge in [0.1, 0.15) is 8.16 Å². The minimum absolute atomic E-state index is 0. The number of nitrogens with one attached hydrogen (secondary N) is 1. The first-order valence-corrected chi connectivity index (χ1v) is 14.6. The number of H-pyrrole nitrogens is 1. The van der Waals surface area contributed by atoms with E-state index in [2.05, 4.69) is 21.9 Å². The van der Waals surface area contributed by atoms with Crippen molar-refractivity contribution in [1.82, 2.24) is 10.2 Å². The molecule has 0 bridgehead atoms. The number of aromatic amines is 1. The third-order valence-electron chi connectivity index (χ3n) is 7.09. The smallest absolute Gasteiger partial charge is 0.875 e. The fourth-order valence-corrected chi connectivity index (χ4v) is 12.9. The van der Waals surface area contributed by atoms with Gasteiger partial charge < -0.3 is 5.11 Å². The molecule has 5 N–H and O–H groups in total. The fourth-order valence-electron chi connectivity index (χ4n) is 5.75. The van der Waals surface area contributed by atoms with Crippen molar-refractivity contribution >= 4 is 52.8 Å². The molecule has 7 rings (SSSR count). The average molecular weight is 545 g/mol. The molecule has 34 heavy (non-hydrogen) atoms. The zero-order valence-electron chi connectivity index (χ0n) is 18.7. The van der Waals surface area contributed by atoms with Crippen molar-refractivity contribution in [2.75, 3.05) is 23.0 Å². The molecule has 2 saturated heterocycles. The van der Waals surface area contributed by atoms with Crippen LogP contribution in [0.1, 0.15) is 42.6 Å². The summed E-state index contributed by atoms with van der Waals surface area (Å²) in [5.74, 6) is 13.6. The van der Waals surface area contributed by atoms with Crippen molar-refractivity contribution in [3.05, 3.63) is 28.3 Å². The van der Waals surface area contributed by atoms with Gasteiger partial charge in [-0.15, -0.1) is 52.8 Å². The molecular weight excluding hydrogens is 520 g/mol. The maximum absolute atomic E-state index is 12.8. The molecule has 5 fully saturated rings. The number of nitrogens with zero attached hydrogens (tertiary/aromatic N) is 1. The van der Waals surface area contributed by atoms with Gasteiger partial charge in [0.05, 0.1) is 5.69 Å². The molecule has 0 amide bonds. The number of fused-ring (bicyclic) bond motifs is 7. The molecule has 1 aromatic rings. The number of allylic oxidation sites excluding steroid dienone is 2. The third-order valence-corrected chi connectivity index (χ3v) is 14.4. The second-order valence-electron chi connectivity index (χ2n) is 8.78. The molecule has 2 aliphatic heterocycles. The molecule has 0 unspecified atom stereocenters. The van der Waals surface area contributed by atoms with E-state index in [4.69, 9.17) is 0 Å². The van der Waals surface area contributed by atoms with Crippen molar-refractivity contribution in [2.45, 2.75) is 40.0 Å². The standard InChI is InChI=1S/C10H9F3N2S2.C10H12O2S2.Li.H4N2/c11-10(12,13)8-6-4-3-5(4)9(7(6)14-15-8)16-1-2-17-9;1-5(11)8-6-4-7(6)10(9(8)12)13-2-3-14-10;;1-2/h4-5H,1-3H2,(H,14,15);6-7,11H,2-4H2,1H3;;1-2H2/q;;+1;/p-1/b;8-5-;;/t4-,5+;6-,7+;;/m00../s1. The van der Waals surface area contributed by atoms with Crippen molar-refractivity contribution in [2.24, 2.45) is 29.4 Å². The number of nitrogens with two attached hydrogens (primary N) is 2. The summed E-state index contributed by atoms with van der Waals surface area (Å²) in [7, 11) is 0. The Balaban J connectivity index is 0.000000149. The van der Waals surface area contributed by atoms with Crippen LogP contribution in [0.2, 0.25) is 0 Å². The van der Waals surface area contributed by atoms with Gasteiger partial charge in [-0.1, -0.05) is 6.92 Å². The Morgan fingerprint density at radius 3 is 2.03 bits per heavy atom. The molecule has 0 radical (unpaired) electrons. The van der Waals surface area contributed by atoms with Crippen LogP contribution in [0, 0.1) is 17.8 Å². The van der Waals surface area contributed by atoms with Gasteiger partial charge in [-0.05, 0) is 42.1 Å². The van der Waals surface area contributed by atoms with Crippen LogP contribution < -0.4 is 35.7 Å². The maximum Gasteiger partial charge on any atom is 1.00 e. The van der Waals surface area contributed by atoms with E-state index >= 15 is 0 Å². The molecule has 182 valence electrons. The van der Waals surface area contributed by atoms with Crippen LogP contribution in [-0.4, -0.2) is 43.1 Å². The number of thioether (sulfide) groups is 4. The van der Waals surface area contributed by atoms with Gasteiger partial charge in [0.15, 0.2) is 11.5 Å². The molecule has 6 nitrogen and oxygen atoms in total. The maximum atomic E-state index is 12.8. The third kappa shape index (κ3) is 3.92. The van der Waals surface area contributed by atoms with Gasteiger partial charge in [-0.3, -0.25) is 21.6 Å². The second-order valence-corrected chi connectivity index (χ2v) is 14.7. The van der Waals surface area contributed by atoms with Crippen LogP contribution in [-0.2, 0) is 15.0 Å². The monoisotopic (exact) mass is 544 g/mol. The number of hydrazine groups is 1. The van der Waals surface area contributed by atoms with Crippen LogP contribution in [0.5, 0.6) is 0 Å². The molecule has 6 aliphatic rings. The molecule has 0 aromatic carbocycles. The van der Waals surface area contributed by atoms with Gasteiger partial charge in [-0.25, -0.2) is 0 Å². The Bertz CT molecular complexity index is 1000. The summed E-state index contributed by atoms with van der Waals surface area (Å²) < 4.78 is 38.2. The first-order valence-electron chi connectivity index (χ1n) is 10.7. The van der Waals surface area contributed by atoms with E-state index in [9.17, 15) is 23.1 Å². The van der Waals surface area contributed by atoms with Gasteiger partial charge in [0, 0.05) is 28.6 Å². The SMILES string of the molecule is C/C([O-])=C1/C(=O)C2(SCCS2)[C@@H]2C[C@H]12.FC(F)(F)c1n[nH]c2c1[C@H]1C[C@H]1C21SCCS1.NN.[Li+]. The van der Waals surface area contributed by atoms with Crippen molar-refractivity contribution < 1.29 is 41.9 Å². The summed E-state index contributed by atoms with van der Waals surface area (Å²) in [4.78, 5) is 12.1. The van der Waals surface area contributed by atoms with E-state index in [1.54, 1.807) is 47.0 Å². The van der Waals surface area contributed by atoms with E-state index in [-0.39, 0.29) is 44.5 Å². The Hall–Kier alpha value is 0.127. The number of carbonyl (C=O) groups is 1. The molecule has 4 aliphatic carbocycles. The quantitative estimate of drug-likeness (QED) is 0.136. The van der Waals surface area contributed by atoms with Gasteiger partial charge >= 0.3 is 25.0 Å². The fraction of sp³-hybridized carbons (Fsp3) is 0.700. The molecule has 4 atom stereocenters. The Kier molecular flexibility index (Phi) is 7.56. The molecule has 1 aromatic heterocycles. The van der Waals surface area contributed by atoms with Crippen LogP contribution >= 0.6 is 47.0 Å². The van der Waals surface area contributed by atoms with Gasteiger partial charge in [-0.2, -0.15) is 18.3 Å². The summed E-state index contributed by atoms with van der Waals surface area (Å²) >= 11 is 7.13. The number of hydrogen-bond donors (Lipinski definition) is 3. The Morgan fingerprint density at radius 2 is 1.53 bits per heavy atom. The molecule has 14 heteroatoms. The van der Waals surface area contributed by atoms with Crippen molar-refractivity contribution in [1.29, 1.82) is 0 Å². The minimum Gasteiger partial charge on any atom is -0.875 e. The Labute approximate surface area is 224 Å². The zero-order valence-corrected chi connectivity index (χ0v) is 22.0. The topological polar surface area (TPSA) is 121 Å². The molecule has 3 saturated carbocycles. The van der Waals surface area contributed by atoms with E-state index < -0.39 is 11.9 Å². The first-order chi connectivity index (χ1) is 15.7. The minimum atomic E-state index is -4.32. The van der Waals surface area contributed by atoms with Gasteiger partial charge in [0.25, 0.3) is 0 Å². The van der Waals surface area contributed by atoms with Crippen LogP contribution in [0.3, 0.4) is 0 Å².